The van der Waals surface area contributed by atoms with Crippen molar-refractivity contribution in [2.75, 3.05) is 20.1 Å². The van der Waals surface area contributed by atoms with Gasteiger partial charge in [-0.25, -0.2) is 0 Å². The zero-order chi connectivity index (χ0) is 10.2. The van der Waals surface area contributed by atoms with E-state index in [-0.39, 0.29) is 17.6 Å². The van der Waals surface area contributed by atoms with Crippen molar-refractivity contribution in [1.82, 2.24) is 4.90 Å². The van der Waals surface area contributed by atoms with Crippen LogP contribution in [0.1, 0.15) is 20.8 Å². The minimum Gasteiger partial charge on any atom is -0.381 e. The molecule has 76 valence electrons. The van der Waals surface area contributed by atoms with Crippen molar-refractivity contribution in [2.45, 2.75) is 26.4 Å². The van der Waals surface area contributed by atoms with Crippen molar-refractivity contribution < 1.29 is 9.90 Å². The molecule has 2 atom stereocenters. The monoisotopic (exact) mass is 185 g/mol. The zero-order valence-electron chi connectivity index (χ0n) is 8.87. The van der Waals surface area contributed by atoms with Gasteiger partial charge < -0.3 is 10.0 Å². The third kappa shape index (κ3) is 1.63. The van der Waals surface area contributed by atoms with Crippen LogP contribution in [0.4, 0.5) is 0 Å². The summed E-state index contributed by atoms with van der Waals surface area (Å²) in [5.74, 6) is -0.0434. The maximum Gasteiger partial charge on any atom is 0.161 e. The fraction of sp³-hybridized carbons (Fsp3) is 0.900. The fourth-order valence-corrected chi connectivity index (χ4v) is 2.47. The number of hydrogen-bond acceptors (Lipinski definition) is 3. The molecule has 0 aliphatic carbocycles. The number of ketones is 1. The minimum absolute atomic E-state index is 0.0266. The van der Waals surface area contributed by atoms with Crippen LogP contribution in [-0.4, -0.2) is 41.5 Å². The summed E-state index contributed by atoms with van der Waals surface area (Å²) < 4.78 is 0. The van der Waals surface area contributed by atoms with Gasteiger partial charge in [0.25, 0.3) is 0 Å². The Morgan fingerprint density at radius 2 is 1.77 bits per heavy atom. The molecule has 13 heavy (non-hydrogen) atoms. The summed E-state index contributed by atoms with van der Waals surface area (Å²) in [5, 5.41) is 10.2. The van der Waals surface area contributed by atoms with E-state index in [1.54, 1.807) is 0 Å². The van der Waals surface area contributed by atoms with Gasteiger partial charge in [0.05, 0.1) is 0 Å². The molecular formula is C10H19NO2. The molecule has 0 aromatic rings. The van der Waals surface area contributed by atoms with Crippen LogP contribution in [0.2, 0.25) is 0 Å². The topological polar surface area (TPSA) is 40.5 Å². The largest absolute Gasteiger partial charge is 0.381 e. The Labute approximate surface area is 79.7 Å². The van der Waals surface area contributed by atoms with E-state index in [2.05, 4.69) is 4.90 Å². The van der Waals surface area contributed by atoms with Crippen LogP contribution in [0.15, 0.2) is 0 Å². The summed E-state index contributed by atoms with van der Waals surface area (Å²) in [7, 11) is 2.02. The fourth-order valence-electron chi connectivity index (χ4n) is 2.47. The minimum atomic E-state index is -1.10. The van der Waals surface area contributed by atoms with Crippen LogP contribution >= 0.6 is 0 Å². The smallest absolute Gasteiger partial charge is 0.161 e. The van der Waals surface area contributed by atoms with Gasteiger partial charge in [-0.15, -0.1) is 0 Å². The van der Waals surface area contributed by atoms with Crippen LogP contribution < -0.4 is 0 Å². The third-order valence-electron chi connectivity index (χ3n) is 3.24. The number of hydrogen-bond donors (Lipinski definition) is 1. The molecule has 0 saturated carbocycles. The molecule has 1 saturated heterocycles. The molecule has 3 heteroatoms. The Kier molecular flexibility index (Phi) is 2.78. The van der Waals surface area contributed by atoms with Gasteiger partial charge in [-0.1, -0.05) is 13.8 Å². The first-order valence-corrected chi connectivity index (χ1v) is 4.81. The van der Waals surface area contributed by atoms with Crippen molar-refractivity contribution >= 4 is 5.78 Å². The van der Waals surface area contributed by atoms with Crippen LogP contribution in [0, 0.1) is 11.8 Å². The van der Waals surface area contributed by atoms with Crippen molar-refractivity contribution in [3.05, 3.63) is 0 Å². The van der Waals surface area contributed by atoms with Gasteiger partial charge in [0, 0.05) is 24.9 Å². The highest BCUT2D eigenvalue weighted by Crippen LogP contribution is 2.32. The summed E-state index contributed by atoms with van der Waals surface area (Å²) in [6.45, 7) is 6.94. The number of carbonyl (C=O) groups is 1. The van der Waals surface area contributed by atoms with Crippen molar-refractivity contribution in [3.63, 3.8) is 0 Å². The average Bonchev–Trinajstić information content (AvgIpc) is 1.99. The van der Waals surface area contributed by atoms with Gasteiger partial charge in [-0.3, -0.25) is 4.79 Å². The molecule has 1 aliphatic heterocycles. The first kappa shape index (κ1) is 10.7. The number of Topliss-reactive ketones (excluding diaryl/α,β-unsaturated/α-hetero) is 1. The third-order valence-corrected chi connectivity index (χ3v) is 3.24. The SMILES string of the molecule is CC(=O)C1(O)C(C)CN(C)CC1C. The first-order chi connectivity index (χ1) is 5.89. The van der Waals surface area contributed by atoms with Gasteiger partial charge in [-0.05, 0) is 14.0 Å². The number of likely N-dealkylation sites (tertiary alicyclic amines) is 1. The molecule has 1 aliphatic rings. The second kappa shape index (κ2) is 3.39. The van der Waals surface area contributed by atoms with Crippen LogP contribution in [-0.2, 0) is 4.79 Å². The second-order valence-electron chi connectivity index (χ2n) is 4.40. The van der Waals surface area contributed by atoms with E-state index in [0.717, 1.165) is 13.1 Å². The highest BCUT2D eigenvalue weighted by Gasteiger charge is 2.47. The molecule has 0 spiro atoms. The van der Waals surface area contributed by atoms with E-state index in [1.807, 2.05) is 20.9 Å². The molecule has 1 N–H and O–H groups in total. The van der Waals surface area contributed by atoms with Gasteiger partial charge >= 0.3 is 0 Å². The Hall–Kier alpha value is -0.410. The molecular weight excluding hydrogens is 166 g/mol. The molecule has 0 aromatic carbocycles. The number of carbonyl (C=O) groups excluding carboxylic acids is 1. The van der Waals surface area contributed by atoms with Gasteiger partial charge in [0.2, 0.25) is 0 Å². The van der Waals surface area contributed by atoms with E-state index >= 15 is 0 Å². The van der Waals surface area contributed by atoms with E-state index in [9.17, 15) is 9.90 Å². The molecule has 1 heterocycles. The molecule has 0 radical (unpaired) electrons. The number of nitrogens with zero attached hydrogens (tertiary/aromatic N) is 1. The van der Waals surface area contributed by atoms with Gasteiger partial charge in [-0.2, -0.15) is 0 Å². The summed E-state index contributed by atoms with van der Waals surface area (Å²) in [4.78, 5) is 13.5. The first-order valence-electron chi connectivity index (χ1n) is 4.81. The van der Waals surface area contributed by atoms with Crippen LogP contribution in [0.5, 0.6) is 0 Å². The lowest BCUT2D eigenvalue weighted by Gasteiger charge is -2.45. The molecule has 3 nitrogen and oxygen atoms in total. The van der Waals surface area contributed by atoms with Crippen molar-refractivity contribution in [2.24, 2.45) is 11.8 Å². The number of piperidine rings is 1. The molecule has 0 bridgehead atoms. The normalized spacial score (nSPS) is 41.9. The highest BCUT2D eigenvalue weighted by atomic mass is 16.3. The summed E-state index contributed by atoms with van der Waals surface area (Å²) in [5.41, 5.74) is -1.10. The van der Waals surface area contributed by atoms with Crippen molar-refractivity contribution in [1.29, 1.82) is 0 Å². The lowest BCUT2D eigenvalue weighted by molar-refractivity contribution is -0.155. The lowest BCUT2D eigenvalue weighted by Crippen LogP contribution is -2.59. The molecule has 0 aromatic heterocycles. The van der Waals surface area contributed by atoms with Gasteiger partial charge in [0.15, 0.2) is 5.78 Å². The number of aliphatic hydroxyl groups is 1. The van der Waals surface area contributed by atoms with Crippen LogP contribution in [0.25, 0.3) is 0 Å². The maximum absolute atomic E-state index is 11.4. The van der Waals surface area contributed by atoms with Gasteiger partial charge in [0.1, 0.15) is 5.60 Å². The second-order valence-corrected chi connectivity index (χ2v) is 4.40. The number of rotatable bonds is 1. The highest BCUT2D eigenvalue weighted by molar-refractivity contribution is 5.85. The predicted octanol–water partition coefficient (Wildman–Crippen LogP) is 0.524. The van der Waals surface area contributed by atoms with E-state index < -0.39 is 5.60 Å². The Balaban J connectivity index is 2.89. The molecule has 1 rings (SSSR count). The maximum atomic E-state index is 11.4. The summed E-state index contributed by atoms with van der Waals surface area (Å²) in [6, 6.07) is 0. The van der Waals surface area contributed by atoms with E-state index in [1.165, 1.54) is 6.92 Å². The molecule has 2 unspecified atom stereocenters. The van der Waals surface area contributed by atoms with Crippen molar-refractivity contribution in [3.8, 4) is 0 Å². The lowest BCUT2D eigenvalue weighted by atomic mass is 9.73. The molecule has 0 amide bonds. The average molecular weight is 185 g/mol. The van der Waals surface area contributed by atoms with E-state index in [4.69, 9.17) is 0 Å². The zero-order valence-corrected chi connectivity index (χ0v) is 8.87. The molecule has 1 fully saturated rings. The standard InChI is InChI=1S/C10H19NO2/c1-7-5-11(4)6-8(2)10(7,13)9(3)12/h7-8,13H,5-6H2,1-4H3. The van der Waals surface area contributed by atoms with E-state index in [0.29, 0.717) is 0 Å². The quantitative estimate of drug-likeness (QED) is 0.647. The summed E-state index contributed by atoms with van der Waals surface area (Å²) >= 11 is 0. The van der Waals surface area contributed by atoms with Crippen LogP contribution in [0.3, 0.4) is 0 Å². The Morgan fingerprint density at radius 3 is 2.08 bits per heavy atom. The summed E-state index contributed by atoms with van der Waals surface area (Å²) in [6.07, 6.45) is 0. The Bertz CT molecular complexity index is 203. The predicted molar refractivity (Wildman–Crippen MR) is 51.5 cm³/mol. The Morgan fingerprint density at radius 1 is 1.38 bits per heavy atom.